The molecular weight excluding hydrogens is 421 g/mol. The van der Waals surface area contributed by atoms with E-state index in [-0.39, 0.29) is 11.4 Å². The average molecular weight is 438 g/mol. The minimum Gasteiger partial charge on any atom is -0.485 e. The Morgan fingerprint density at radius 2 is 2.10 bits per heavy atom. The Balaban J connectivity index is 1.55. The summed E-state index contributed by atoms with van der Waals surface area (Å²) in [6, 6.07) is 4.68. The van der Waals surface area contributed by atoms with Gasteiger partial charge in [0.25, 0.3) is 0 Å². The summed E-state index contributed by atoms with van der Waals surface area (Å²) in [5, 5.41) is 12.2. The lowest BCUT2D eigenvalue weighted by molar-refractivity contribution is -0.385. The molecule has 1 aliphatic heterocycles. The number of hydrogen-bond acceptors (Lipinski definition) is 7. The second-order valence-corrected chi connectivity index (χ2v) is 7.23. The lowest BCUT2D eigenvalue weighted by Crippen LogP contribution is -2.38. The fraction of sp³-hybridized carbons (Fsp3) is 0.333. The van der Waals surface area contributed by atoms with Gasteiger partial charge < -0.3 is 14.5 Å². The molecule has 1 fully saturated rings. The first-order valence-electron chi connectivity index (χ1n) is 8.94. The van der Waals surface area contributed by atoms with Gasteiger partial charge >= 0.3 is 5.69 Å². The Hall–Kier alpha value is -2.46. The lowest BCUT2D eigenvalue weighted by atomic mass is 10.2. The first-order chi connectivity index (χ1) is 14.0. The third-order valence-corrected chi connectivity index (χ3v) is 5.39. The molecule has 4 rings (SSSR count). The molecule has 11 heteroatoms. The van der Waals surface area contributed by atoms with Crippen molar-refractivity contribution in [1.82, 2.24) is 19.9 Å². The number of nitrogens with zero attached hydrogens (tertiary/aromatic N) is 4. The molecule has 9 nitrogen and oxygen atoms in total. The molecule has 1 aromatic carbocycles. The maximum atomic E-state index is 11.6. The largest absolute Gasteiger partial charge is 0.485 e. The van der Waals surface area contributed by atoms with Crippen LogP contribution in [0.1, 0.15) is 0 Å². The van der Waals surface area contributed by atoms with Crippen LogP contribution in [-0.2, 0) is 4.74 Å². The van der Waals surface area contributed by atoms with Gasteiger partial charge in [-0.15, -0.1) is 0 Å². The smallest absolute Gasteiger partial charge is 0.311 e. The van der Waals surface area contributed by atoms with E-state index in [1.54, 1.807) is 12.1 Å². The van der Waals surface area contributed by atoms with E-state index in [0.717, 1.165) is 13.1 Å². The summed E-state index contributed by atoms with van der Waals surface area (Å²) in [5.41, 5.74) is 1.23. The molecule has 0 spiro atoms. The van der Waals surface area contributed by atoms with Crippen molar-refractivity contribution in [2.24, 2.45) is 0 Å². The van der Waals surface area contributed by atoms with Crippen molar-refractivity contribution in [3.63, 3.8) is 0 Å². The quantitative estimate of drug-likeness (QED) is 0.463. The first kappa shape index (κ1) is 19.8. The molecule has 29 heavy (non-hydrogen) atoms. The van der Waals surface area contributed by atoms with Crippen LogP contribution in [0.15, 0.2) is 24.4 Å². The van der Waals surface area contributed by atoms with E-state index >= 15 is 0 Å². The number of aromatic amines is 1. The zero-order chi connectivity index (χ0) is 20.4. The van der Waals surface area contributed by atoms with E-state index in [0.29, 0.717) is 59.0 Å². The second kappa shape index (κ2) is 8.50. The van der Waals surface area contributed by atoms with Gasteiger partial charge in [0.1, 0.15) is 17.9 Å². The highest BCUT2D eigenvalue weighted by Crippen LogP contribution is 2.34. The van der Waals surface area contributed by atoms with Gasteiger partial charge in [0, 0.05) is 37.5 Å². The van der Waals surface area contributed by atoms with Crippen LogP contribution in [0.4, 0.5) is 5.69 Å². The maximum Gasteiger partial charge on any atom is 0.311 e. The summed E-state index contributed by atoms with van der Waals surface area (Å²) >= 11 is 12.1. The topological polar surface area (TPSA) is 106 Å². The molecule has 152 valence electrons. The molecule has 0 aliphatic carbocycles. The van der Waals surface area contributed by atoms with Crippen molar-refractivity contribution in [3.8, 4) is 17.1 Å². The van der Waals surface area contributed by atoms with Crippen LogP contribution in [0.2, 0.25) is 10.0 Å². The number of pyridine rings is 1. The number of nitrogens with one attached hydrogen (secondary N) is 1. The van der Waals surface area contributed by atoms with Gasteiger partial charge in [0.2, 0.25) is 0 Å². The molecule has 0 unspecified atom stereocenters. The van der Waals surface area contributed by atoms with Crippen molar-refractivity contribution in [2.45, 2.75) is 0 Å². The monoisotopic (exact) mass is 437 g/mol. The molecule has 0 atom stereocenters. The number of morpholine rings is 1. The molecule has 1 saturated heterocycles. The number of aromatic nitrogens is 3. The van der Waals surface area contributed by atoms with E-state index in [1.807, 2.05) is 0 Å². The predicted molar refractivity (Wildman–Crippen MR) is 109 cm³/mol. The molecular formula is C18H17Cl2N5O4. The lowest BCUT2D eigenvalue weighted by Gasteiger charge is -2.26. The summed E-state index contributed by atoms with van der Waals surface area (Å²) in [4.78, 5) is 24.8. The number of H-pyrrole nitrogens is 1. The van der Waals surface area contributed by atoms with Gasteiger partial charge in [0.15, 0.2) is 11.4 Å². The van der Waals surface area contributed by atoms with E-state index in [4.69, 9.17) is 32.7 Å². The van der Waals surface area contributed by atoms with Gasteiger partial charge in [-0.05, 0) is 12.1 Å². The van der Waals surface area contributed by atoms with E-state index in [2.05, 4.69) is 19.9 Å². The molecule has 0 radical (unpaired) electrons. The van der Waals surface area contributed by atoms with Crippen LogP contribution in [0.25, 0.3) is 22.6 Å². The van der Waals surface area contributed by atoms with E-state index < -0.39 is 4.92 Å². The minimum atomic E-state index is -0.474. The Labute approximate surface area is 175 Å². The number of halogens is 2. The van der Waals surface area contributed by atoms with Gasteiger partial charge in [-0.25, -0.2) is 9.97 Å². The molecule has 2 aromatic heterocycles. The van der Waals surface area contributed by atoms with Gasteiger partial charge in [-0.1, -0.05) is 23.2 Å². The van der Waals surface area contributed by atoms with Crippen molar-refractivity contribution < 1.29 is 14.4 Å². The standard InChI is InChI=1S/C18H17Cl2N5O4/c19-12-10-21-18-16(15(12)20)22-17(23-18)11-1-2-14(13(9-11)25(26)27)29-8-5-24-3-6-28-7-4-24/h1-2,9-10H,3-8H2,(H,21,22,23). The Bertz CT molecular complexity index is 1050. The summed E-state index contributed by atoms with van der Waals surface area (Å²) < 4.78 is 11.0. The van der Waals surface area contributed by atoms with Crippen molar-refractivity contribution in [1.29, 1.82) is 0 Å². The van der Waals surface area contributed by atoms with Crippen LogP contribution in [0, 0.1) is 10.1 Å². The summed E-state index contributed by atoms with van der Waals surface area (Å²) in [6.07, 6.45) is 1.41. The third kappa shape index (κ3) is 4.27. The van der Waals surface area contributed by atoms with Crippen LogP contribution in [-0.4, -0.2) is 64.2 Å². The zero-order valence-electron chi connectivity index (χ0n) is 15.2. The Morgan fingerprint density at radius 1 is 1.31 bits per heavy atom. The highest BCUT2D eigenvalue weighted by atomic mass is 35.5. The van der Waals surface area contributed by atoms with E-state index in [9.17, 15) is 10.1 Å². The summed E-state index contributed by atoms with van der Waals surface area (Å²) in [6.45, 7) is 4.07. The van der Waals surface area contributed by atoms with Crippen molar-refractivity contribution in [3.05, 3.63) is 44.6 Å². The number of nitro groups is 1. The number of hydrogen-bond donors (Lipinski definition) is 1. The second-order valence-electron chi connectivity index (χ2n) is 6.45. The van der Waals surface area contributed by atoms with Crippen LogP contribution in [0.5, 0.6) is 5.75 Å². The Kier molecular flexibility index (Phi) is 5.81. The van der Waals surface area contributed by atoms with Crippen LogP contribution < -0.4 is 4.74 Å². The number of fused-ring (bicyclic) bond motifs is 1. The highest BCUT2D eigenvalue weighted by Gasteiger charge is 2.20. The van der Waals surface area contributed by atoms with Crippen LogP contribution >= 0.6 is 23.2 Å². The fourth-order valence-electron chi connectivity index (χ4n) is 3.08. The summed E-state index contributed by atoms with van der Waals surface area (Å²) in [7, 11) is 0. The molecule has 1 aliphatic rings. The molecule has 1 N–H and O–H groups in total. The maximum absolute atomic E-state index is 11.6. The number of nitro benzene ring substituents is 1. The first-order valence-corrected chi connectivity index (χ1v) is 9.70. The molecule has 0 saturated carbocycles. The molecule has 0 bridgehead atoms. The SMILES string of the molecule is O=[N+]([O-])c1cc(-c2nc3ncc(Cl)c(Cl)c3[nH]2)ccc1OCCN1CCOCC1. The molecule has 3 heterocycles. The summed E-state index contributed by atoms with van der Waals surface area (Å²) in [5.74, 6) is 0.613. The van der Waals surface area contributed by atoms with Gasteiger partial charge in [0.05, 0.1) is 28.2 Å². The normalized spacial score (nSPS) is 15.0. The minimum absolute atomic E-state index is 0.137. The number of imidazole rings is 1. The number of ether oxygens (including phenoxy) is 2. The van der Waals surface area contributed by atoms with Gasteiger partial charge in [-0.2, -0.15) is 0 Å². The van der Waals surface area contributed by atoms with E-state index in [1.165, 1.54) is 12.3 Å². The molecule has 0 amide bonds. The number of benzene rings is 1. The Morgan fingerprint density at radius 3 is 2.86 bits per heavy atom. The number of rotatable bonds is 6. The average Bonchev–Trinajstić information content (AvgIpc) is 3.17. The zero-order valence-corrected chi connectivity index (χ0v) is 16.7. The third-order valence-electron chi connectivity index (χ3n) is 4.61. The fourth-order valence-corrected chi connectivity index (χ4v) is 3.40. The van der Waals surface area contributed by atoms with Gasteiger partial charge in [-0.3, -0.25) is 15.0 Å². The van der Waals surface area contributed by atoms with Crippen molar-refractivity contribution in [2.75, 3.05) is 39.5 Å². The molecule has 3 aromatic rings. The highest BCUT2D eigenvalue weighted by molar-refractivity contribution is 6.44. The van der Waals surface area contributed by atoms with Crippen molar-refractivity contribution >= 4 is 40.1 Å². The predicted octanol–water partition coefficient (Wildman–Crippen LogP) is 3.55. The van der Waals surface area contributed by atoms with Crippen LogP contribution in [0.3, 0.4) is 0 Å².